The van der Waals surface area contributed by atoms with Gasteiger partial charge in [0.2, 0.25) is 0 Å². The van der Waals surface area contributed by atoms with Gasteiger partial charge >= 0.3 is 0 Å². The molecule has 1 aromatic carbocycles. The van der Waals surface area contributed by atoms with E-state index in [0.717, 1.165) is 38.4 Å². The Kier molecular flexibility index (Phi) is 4.23. The second-order valence-electron chi connectivity index (χ2n) is 4.12. The quantitative estimate of drug-likeness (QED) is 0.864. The fourth-order valence-electron chi connectivity index (χ4n) is 1.95. The summed E-state index contributed by atoms with van der Waals surface area (Å²) in [7, 11) is 0. The van der Waals surface area contributed by atoms with E-state index in [1.165, 1.54) is 0 Å². The summed E-state index contributed by atoms with van der Waals surface area (Å²) in [6.07, 6.45) is 0. The smallest absolute Gasteiger partial charge is 0.161 e. The zero-order chi connectivity index (χ0) is 12.1. The first kappa shape index (κ1) is 12.2. The highest BCUT2D eigenvalue weighted by Gasteiger charge is 2.11. The highest BCUT2D eigenvalue weighted by molar-refractivity contribution is 5.41. The van der Waals surface area contributed by atoms with E-state index in [9.17, 15) is 5.11 Å². The van der Waals surface area contributed by atoms with Gasteiger partial charge in [-0.3, -0.25) is 4.90 Å². The third kappa shape index (κ3) is 3.35. The summed E-state index contributed by atoms with van der Waals surface area (Å²) in [4.78, 5) is 2.34. The lowest BCUT2D eigenvalue weighted by Crippen LogP contribution is -2.35. The molecule has 0 saturated carbocycles. The molecule has 0 unspecified atom stereocenters. The van der Waals surface area contributed by atoms with Crippen LogP contribution >= 0.6 is 0 Å². The largest absolute Gasteiger partial charge is 0.504 e. The van der Waals surface area contributed by atoms with E-state index in [-0.39, 0.29) is 5.75 Å². The molecule has 0 radical (unpaired) electrons. The van der Waals surface area contributed by atoms with Crippen molar-refractivity contribution in [3.63, 3.8) is 0 Å². The van der Waals surface area contributed by atoms with Crippen molar-refractivity contribution >= 4 is 0 Å². The van der Waals surface area contributed by atoms with Gasteiger partial charge in [-0.15, -0.1) is 0 Å². The van der Waals surface area contributed by atoms with E-state index in [1.807, 2.05) is 19.1 Å². The number of nitrogens with zero attached hydrogens (tertiary/aromatic N) is 1. The van der Waals surface area contributed by atoms with Gasteiger partial charge in [0.05, 0.1) is 19.8 Å². The maximum Gasteiger partial charge on any atom is 0.161 e. The summed E-state index contributed by atoms with van der Waals surface area (Å²) < 4.78 is 10.7. The summed E-state index contributed by atoms with van der Waals surface area (Å²) in [5.41, 5.74) is 1.16. The first-order chi connectivity index (χ1) is 8.29. The Hall–Kier alpha value is -1.26. The van der Waals surface area contributed by atoms with Gasteiger partial charge < -0.3 is 14.6 Å². The van der Waals surface area contributed by atoms with E-state index in [1.54, 1.807) is 6.07 Å². The average Bonchev–Trinajstić information content (AvgIpc) is 2.35. The van der Waals surface area contributed by atoms with Crippen LogP contribution in [0.5, 0.6) is 11.5 Å². The van der Waals surface area contributed by atoms with Gasteiger partial charge in [-0.05, 0) is 24.6 Å². The zero-order valence-corrected chi connectivity index (χ0v) is 10.2. The first-order valence-corrected chi connectivity index (χ1v) is 6.04. The van der Waals surface area contributed by atoms with Gasteiger partial charge in [-0.1, -0.05) is 6.07 Å². The molecule has 1 aliphatic rings. The minimum Gasteiger partial charge on any atom is -0.504 e. The molecule has 1 fully saturated rings. The lowest BCUT2D eigenvalue weighted by Gasteiger charge is -2.26. The van der Waals surface area contributed by atoms with E-state index in [2.05, 4.69) is 4.90 Å². The molecule has 0 amide bonds. The number of hydrogen-bond acceptors (Lipinski definition) is 4. The number of phenols is 1. The Morgan fingerprint density at radius 3 is 2.82 bits per heavy atom. The van der Waals surface area contributed by atoms with Crippen LogP contribution in [0.4, 0.5) is 0 Å². The van der Waals surface area contributed by atoms with Crippen LogP contribution in [0.1, 0.15) is 12.5 Å². The molecule has 1 N–H and O–H groups in total. The number of rotatable bonds is 4. The molecule has 0 bridgehead atoms. The SMILES string of the molecule is CCOc1cc(CN2CCOCC2)ccc1O. The molecule has 0 aliphatic carbocycles. The average molecular weight is 237 g/mol. The molecule has 94 valence electrons. The summed E-state index contributed by atoms with van der Waals surface area (Å²) in [6, 6.07) is 5.54. The molecule has 1 heterocycles. The van der Waals surface area contributed by atoms with Gasteiger partial charge in [0.25, 0.3) is 0 Å². The van der Waals surface area contributed by atoms with Crippen LogP contribution in [-0.4, -0.2) is 42.9 Å². The van der Waals surface area contributed by atoms with Gasteiger partial charge in [-0.25, -0.2) is 0 Å². The number of phenolic OH excluding ortho intramolecular Hbond substituents is 1. The van der Waals surface area contributed by atoms with Crippen LogP contribution in [0.15, 0.2) is 18.2 Å². The van der Waals surface area contributed by atoms with E-state index >= 15 is 0 Å². The Morgan fingerprint density at radius 1 is 1.35 bits per heavy atom. The van der Waals surface area contributed by atoms with Gasteiger partial charge in [0.1, 0.15) is 0 Å². The molecule has 2 rings (SSSR count). The number of benzene rings is 1. The molecule has 17 heavy (non-hydrogen) atoms. The Bertz CT molecular complexity index is 362. The second-order valence-corrected chi connectivity index (χ2v) is 4.12. The number of ether oxygens (including phenoxy) is 2. The highest BCUT2D eigenvalue weighted by Crippen LogP contribution is 2.27. The van der Waals surface area contributed by atoms with E-state index < -0.39 is 0 Å². The zero-order valence-electron chi connectivity index (χ0n) is 10.2. The Morgan fingerprint density at radius 2 is 2.12 bits per heavy atom. The maximum atomic E-state index is 9.61. The fourth-order valence-corrected chi connectivity index (χ4v) is 1.95. The third-order valence-corrected chi connectivity index (χ3v) is 2.83. The van der Waals surface area contributed by atoms with Crippen LogP contribution in [0.3, 0.4) is 0 Å². The van der Waals surface area contributed by atoms with Crippen molar-refractivity contribution in [2.75, 3.05) is 32.9 Å². The Balaban J connectivity index is 2.02. The Labute approximate surface area is 102 Å². The number of aromatic hydroxyl groups is 1. The first-order valence-electron chi connectivity index (χ1n) is 6.04. The van der Waals surface area contributed by atoms with Crippen molar-refractivity contribution in [2.45, 2.75) is 13.5 Å². The van der Waals surface area contributed by atoms with E-state index in [0.29, 0.717) is 12.4 Å². The molecule has 0 atom stereocenters. The van der Waals surface area contributed by atoms with Crippen molar-refractivity contribution < 1.29 is 14.6 Å². The third-order valence-electron chi connectivity index (χ3n) is 2.83. The number of morpholine rings is 1. The normalized spacial score (nSPS) is 17.0. The topological polar surface area (TPSA) is 41.9 Å². The summed E-state index contributed by atoms with van der Waals surface area (Å²) in [6.45, 7) is 6.88. The van der Waals surface area contributed by atoms with Crippen LogP contribution in [-0.2, 0) is 11.3 Å². The molecule has 4 nitrogen and oxygen atoms in total. The lowest BCUT2D eigenvalue weighted by atomic mass is 10.2. The van der Waals surface area contributed by atoms with Crippen LogP contribution in [0.2, 0.25) is 0 Å². The predicted octanol–water partition coefficient (Wildman–Crippen LogP) is 1.62. The van der Waals surface area contributed by atoms with Crippen molar-refractivity contribution in [2.24, 2.45) is 0 Å². The van der Waals surface area contributed by atoms with E-state index in [4.69, 9.17) is 9.47 Å². The fraction of sp³-hybridized carbons (Fsp3) is 0.538. The van der Waals surface area contributed by atoms with Crippen molar-refractivity contribution in [1.29, 1.82) is 0 Å². The summed E-state index contributed by atoms with van der Waals surface area (Å²) in [5, 5.41) is 9.61. The molecule has 1 aromatic rings. The summed E-state index contributed by atoms with van der Waals surface area (Å²) >= 11 is 0. The molecule has 0 aromatic heterocycles. The lowest BCUT2D eigenvalue weighted by molar-refractivity contribution is 0.0341. The van der Waals surface area contributed by atoms with Crippen LogP contribution in [0.25, 0.3) is 0 Å². The minimum absolute atomic E-state index is 0.206. The molecule has 4 heteroatoms. The molecular weight excluding hydrogens is 218 g/mol. The number of hydrogen-bond donors (Lipinski definition) is 1. The van der Waals surface area contributed by atoms with Crippen LogP contribution in [0, 0.1) is 0 Å². The monoisotopic (exact) mass is 237 g/mol. The van der Waals surface area contributed by atoms with Crippen LogP contribution < -0.4 is 4.74 Å². The maximum absolute atomic E-state index is 9.61. The highest BCUT2D eigenvalue weighted by atomic mass is 16.5. The second kappa shape index (κ2) is 5.89. The van der Waals surface area contributed by atoms with Gasteiger partial charge in [0, 0.05) is 19.6 Å². The molecule has 1 aliphatic heterocycles. The van der Waals surface area contributed by atoms with Crippen molar-refractivity contribution in [1.82, 2.24) is 4.90 Å². The molecular formula is C13H19NO3. The summed E-state index contributed by atoms with van der Waals surface area (Å²) in [5.74, 6) is 0.774. The van der Waals surface area contributed by atoms with Crippen molar-refractivity contribution in [3.8, 4) is 11.5 Å². The molecule has 0 spiro atoms. The molecule has 1 saturated heterocycles. The van der Waals surface area contributed by atoms with Crippen molar-refractivity contribution in [3.05, 3.63) is 23.8 Å². The minimum atomic E-state index is 0.206. The standard InChI is InChI=1S/C13H19NO3/c1-2-17-13-9-11(3-4-12(13)15)10-14-5-7-16-8-6-14/h3-4,9,15H,2,5-8,10H2,1H3. The van der Waals surface area contributed by atoms with Gasteiger partial charge in [-0.2, -0.15) is 0 Å². The predicted molar refractivity (Wildman–Crippen MR) is 65.4 cm³/mol. The van der Waals surface area contributed by atoms with Gasteiger partial charge in [0.15, 0.2) is 11.5 Å².